The number of ether oxygens (including phenoxy) is 3. The number of nitrogens with zero attached hydrogens (tertiary/aromatic N) is 4. The minimum atomic E-state index is -4.26. The van der Waals surface area contributed by atoms with E-state index in [-0.39, 0.29) is 104 Å². The molecule has 0 saturated carbocycles. The van der Waals surface area contributed by atoms with Gasteiger partial charge in [-0.05, 0) is 187 Å². The number of unbranched alkanes of at least 4 members (excludes halogenated alkanes) is 3. The van der Waals surface area contributed by atoms with Gasteiger partial charge in [0.15, 0.2) is 40.4 Å². The second-order valence-corrected chi connectivity index (χ2v) is 39.8. The molecule has 4 aliphatic rings. The summed E-state index contributed by atoms with van der Waals surface area (Å²) in [5, 5.41) is 8.65. The van der Waals surface area contributed by atoms with E-state index in [1.165, 1.54) is 5.56 Å². The molecule has 0 unspecified atom stereocenters. The Labute approximate surface area is 777 Å². The number of carbonyl (C=O) groups excluding carboxylic acids is 8. The molecule has 7 N–H and O–H groups in total. The van der Waals surface area contributed by atoms with Crippen molar-refractivity contribution >= 4 is 133 Å². The molecular weight excluding hydrogens is 1840 g/mol. The van der Waals surface area contributed by atoms with E-state index in [2.05, 4.69) is 65.5 Å². The van der Waals surface area contributed by atoms with E-state index in [9.17, 15) is 94.8 Å². The summed E-state index contributed by atoms with van der Waals surface area (Å²) in [5.74, 6) is -16.4. The summed E-state index contributed by atoms with van der Waals surface area (Å²) in [7, 11) is -15.9. The Bertz CT molecular complexity index is 5830. The number of anilines is 2. The van der Waals surface area contributed by atoms with Gasteiger partial charge in [-0.1, -0.05) is 129 Å². The van der Waals surface area contributed by atoms with Crippen LogP contribution in [-0.4, -0.2) is 189 Å². The van der Waals surface area contributed by atoms with Gasteiger partial charge in [0.05, 0.1) is 34.3 Å². The first kappa shape index (κ1) is 107. The van der Waals surface area contributed by atoms with Gasteiger partial charge < -0.3 is 45.2 Å². The van der Waals surface area contributed by atoms with E-state index < -0.39 is 188 Å². The number of fused-ring (bicyclic) bond motifs is 4. The minimum absolute atomic E-state index is 0.00538. The van der Waals surface area contributed by atoms with Gasteiger partial charge >= 0.3 is 28.8 Å². The van der Waals surface area contributed by atoms with Gasteiger partial charge in [-0.25, -0.2) is 23.2 Å². The van der Waals surface area contributed by atoms with Crippen LogP contribution in [-0.2, 0) is 103 Å². The maximum Gasteiger partial charge on any atom is 0.425 e. The molecule has 1 fully saturated rings. The number of ketones is 3. The third-order valence-corrected chi connectivity index (χ3v) is 25.3. The molecule has 6 aromatic rings. The SMILES string of the molecule is CC(C)(C)OC(=O)NCCCC[C@H](CC(=O)[C@H](Cc1ccccc1)NC(=O)OCc1ccccc1)C(=O)COc1c(F)c(F)c(C(=O)CCCN)c(F)c1F.CC1(C)C(=CC=C2CCCC(C=CC3=[N+](CCCCCC(=O)ON4C(=O)CCC4=O)c4ccc5ccccc5c4C3(C)C)=C2Cl)N(CCCS(=O)(=O)O)c2ccc(N(CCCS(=O)(=O)O)CCCS(=O)(=O)O)cc21.O=S(=O)=O. The maximum absolute atomic E-state index is 15.0. The highest BCUT2D eigenvalue weighted by atomic mass is 35.5. The molecule has 31 nitrogen and oxygen atoms in total. The van der Waals surface area contributed by atoms with Crippen LogP contribution in [0.3, 0.4) is 0 Å². The van der Waals surface area contributed by atoms with Crippen molar-refractivity contribution in [2.75, 3.05) is 72.9 Å². The predicted octanol–water partition coefficient (Wildman–Crippen LogP) is 14.8. The molecule has 0 spiro atoms. The Hall–Kier alpha value is -10.9. The summed E-state index contributed by atoms with van der Waals surface area (Å²) in [6, 6.07) is 34.6. The lowest BCUT2D eigenvalue weighted by molar-refractivity contribution is -0.438. The number of rotatable bonds is 44. The van der Waals surface area contributed by atoms with Gasteiger partial charge in [0.1, 0.15) is 25.4 Å². The van der Waals surface area contributed by atoms with Gasteiger partial charge in [0.25, 0.3) is 42.2 Å². The third-order valence-electron chi connectivity index (χ3n) is 22.4. The number of benzene rings is 6. The number of amides is 4. The molecule has 722 valence electrons. The van der Waals surface area contributed by atoms with Crippen LogP contribution in [0, 0.1) is 29.2 Å². The van der Waals surface area contributed by atoms with Crippen molar-refractivity contribution in [2.45, 2.75) is 200 Å². The maximum atomic E-state index is 15.0. The van der Waals surface area contributed by atoms with Gasteiger partial charge in [-0.15, -0.1) is 17.7 Å². The molecular formula is C93H113ClF4N7O24S4+. The van der Waals surface area contributed by atoms with Crippen molar-refractivity contribution in [1.29, 1.82) is 0 Å². The van der Waals surface area contributed by atoms with E-state index in [4.69, 9.17) is 49.0 Å². The molecule has 40 heteroatoms. The number of halogens is 5. The lowest BCUT2D eigenvalue weighted by Crippen LogP contribution is -2.44. The van der Waals surface area contributed by atoms with E-state index in [0.29, 0.717) is 59.1 Å². The van der Waals surface area contributed by atoms with Crippen LogP contribution in [0.4, 0.5) is 44.2 Å². The van der Waals surface area contributed by atoms with Gasteiger partial charge in [0.2, 0.25) is 17.3 Å². The molecule has 1 aliphatic carbocycles. The van der Waals surface area contributed by atoms with Crippen molar-refractivity contribution in [2.24, 2.45) is 11.7 Å². The summed E-state index contributed by atoms with van der Waals surface area (Å²) in [6.07, 6.45) is 11.0. The summed E-state index contributed by atoms with van der Waals surface area (Å²) < 4.78 is 201. The first-order valence-corrected chi connectivity index (χ1v) is 49.6. The lowest BCUT2D eigenvalue weighted by atomic mass is 9.79. The number of nitrogens with one attached hydrogen (secondary N) is 2. The average Bonchev–Trinajstić information content (AvgIpc) is 1.56. The zero-order valence-corrected chi connectivity index (χ0v) is 79.0. The number of allylic oxidation sites excluding steroid dienone is 8. The van der Waals surface area contributed by atoms with E-state index in [1.807, 2.05) is 61.2 Å². The summed E-state index contributed by atoms with van der Waals surface area (Å²) >= 11 is 7.34. The predicted molar refractivity (Wildman–Crippen MR) is 491 cm³/mol. The highest BCUT2D eigenvalue weighted by molar-refractivity contribution is 7.86. The van der Waals surface area contributed by atoms with Crippen LogP contribution < -0.4 is 30.9 Å². The molecule has 0 radical (unpaired) electrons. The largest absolute Gasteiger partial charge is 0.480 e. The van der Waals surface area contributed by atoms with E-state index in [0.717, 1.165) is 69.5 Å². The standard InChI is InChI=1S/C53H65ClN4O13S3.C40H47F4N3O8.O3S/c1-52(2)42-36-40(55(29-11-33-72(62,63)64)30-12-34-73(65,66)67)22-24-43(42)56(32-13-35-74(68,69)70)45(52)25-20-38-15-10-16-39(51(38)54)21-26-46-53(3,4)50-41-17-8-7-14-37(41)19-23-44(50)57(46)31-9-5-6-18-49(61)71-58-47(59)27-28-48(58)60;1-40(2,3)55-38(51)46-20-11-10-17-27(31(50)24-53-37-35(43)33(41)32(34(42)36(37)44)29(48)18-12-19-45)22-30(49)28(21-25-13-6-4-7-14-25)47-39(52)54-23-26-15-8-5-9-16-26;1-4(2)3/h7-8,14,17,19-26,36H,5-6,9-13,15-16,18,27-35H2,1-4H3,(H2-,62,63,64,65,66,67,68,69,70);4-9,13-16,27-28H,10-12,17-24,45H2,1-3H3,(H,46,51)(H,47,52);/p+1/t;27-,28+;/m.1./s1. The number of carbonyl (C=O) groups is 8. The smallest absolute Gasteiger partial charge is 0.425 e. The summed E-state index contributed by atoms with van der Waals surface area (Å²) in [4.78, 5) is 110. The average molecular weight is 1950 g/mol. The van der Waals surface area contributed by atoms with E-state index in [1.54, 1.807) is 86.3 Å². The van der Waals surface area contributed by atoms with Gasteiger partial charge in [0, 0.05) is 116 Å². The Kier molecular flexibility index (Phi) is 39.4. The number of Topliss-reactive ketones (excluding diaryl/α,β-unsaturated/α-hetero) is 3. The molecule has 0 bridgehead atoms. The van der Waals surface area contributed by atoms with Crippen molar-refractivity contribution < 1.29 is 131 Å². The molecule has 0 aromatic heterocycles. The number of alkyl carbamates (subject to hydrolysis) is 2. The zero-order valence-electron chi connectivity index (χ0n) is 75.0. The number of hydrogen-bond donors (Lipinski definition) is 6. The van der Waals surface area contributed by atoms with Crippen molar-refractivity contribution in [3.8, 4) is 5.75 Å². The van der Waals surface area contributed by atoms with E-state index >= 15 is 0 Å². The van der Waals surface area contributed by atoms with Crippen LogP contribution in [0.1, 0.15) is 197 Å². The second kappa shape index (κ2) is 48.8. The Morgan fingerprint density at radius 1 is 0.669 bits per heavy atom. The number of hydroxylamine groups is 2. The molecule has 3 aliphatic heterocycles. The molecule has 3 heterocycles. The van der Waals surface area contributed by atoms with Crippen molar-refractivity contribution in [1.82, 2.24) is 15.7 Å². The summed E-state index contributed by atoms with van der Waals surface area (Å²) in [6.45, 7) is 13.8. The Morgan fingerprint density at radius 3 is 1.88 bits per heavy atom. The number of nitrogens with two attached hydrogens (primary N) is 1. The van der Waals surface area contributed by atoms with Crippen LogP contribution in [0.25, 0.3) is 10.8 Å². The normalized spacial score (nSPS) is 15.8. The Morgan fingerprint density at radius 2 is 1.27 bits per heavy atom. The second-order valence-electron chi connectivity index (χ2n) is 34.3. The fourth-order valence-electron chi connectivity index (χ4n) is 16.0. The van der Waals surface area contributed by atoms with Crippen molar-refractivity contribution in [3.63, 3.8) is 0 Å². The fourth-order valence-corrected chi connectivity index (χ4v) is 17.8. The number of hydrogen-bond acceptors (Lipinski definition) is 24. The van der Waals surface area contributed by atoms with Crippen LogP contribution in [0.2, 0.25) is 0 Å². The molecule has 2 atom stereocenters. The molecule has 6 aromatic carbocycles. The van der Waals surface area contributed by atoms with Gasteiger partial charge in [-0.2, -0.15) is 38.6 Å². The van der Waals surface area contributed by atoms with Crippen LogP contribution >= 0.6 is 11.6 Å². The third kappa shape index (κ3) is 32.2. The van der Waals surface area contributed by atoms with Gasteiger partial charge in [-0.3, -0.25) is 37.6 Å². The minimum Gasteiger partial charge on any atom is -0.480 e. The topological polar surface area (TPSA) is 451 Å². The molecule has 133 heavy (non-hydrogen) atoms. The molecule has 1 saturated heterocycles. The zero-order chi connectivity index (χ0) is 97.9. The highest BCUT2D eigenvalue weighted by Gasteiger charge is 2.46. The monoisotopic (exact) mass is 1950 g/mol. The Balaban J connectivity index is 0.000000328. The highest BCUT2D eigenvalue weighted by Crippen LogP contribution is 2.50. The quantitative estimate of drug-likeness (QED) is 0.00393. The van der Waals surface area contributed by atoms with Crippen LogP contribution in [0.5, 0.6) is 5.75 Å². The first-order chi connectivity index (χ1) is 62.6. The molecule has 10 rings (SSSR count). The molecule has 4 amide bonds. The van der Waals surface area contributed by atoms with Crippen molar-refractivity contribution in [3.05, 3.63) is 213 Å². The van der Waals surface area contributed by atoms with Crippen LogP contribution in [0.15, 0.2) is 161 Å². The number of imide groups is 1. The summed E-state index contributed by atoms with van der Waals surface area (Å²) in [5.41, 5.74) is 11.9. The lowest BCUT2D eigenvalue weighted by Gasteiger charge is -2.27. The first-order valence-electron chi connectivity index (χ1n) is 43.4. The fraction of sp³-hybridized carbons (Fsp3) is 0.452.